The summed E-state index contributed by atoms with van der Waals surface area (Å²) in [5, 5.41) is 0. The average Bonchev–Trinajstić information content (AvgIpc) is 2.55. The molecule has 1 saturated heterocycles. The Morgan fingerprint density at radius 2 is 1.90 bits per heavy atom. The molecular formula is C19H26O2. The fourth-order valence-electron chi connectivity index (χ4n) is 2.41. The van der Waals surface area contributed by atoms with Gasteiger partial charge in [0.2, 0.25) is 0 Å². The lowest BCUT2D eigenvalue weighted by Gasteiger charge is -2.22. The Morgan fingerprint density at radius 3 is 2.71 bits per heavy atom. The van der Waals surface area contributed by atoms with E-state index in [-0.39, 0.29) is 6.29 Å². The molecule has 21 heavy (non-hydrogen) atoms. The molecule has 1 aliphatic heterocycles. The van der Waals surface area contributed by atoms with Gasteiger partial charge in [-0.1, -0.05) is 42.9 Å². The molecule has 0 bridgehead atoms. The predicted octanol–water partition coefficient (Wildman–Crippen LogP) is 4.53. The Bertz CT molecular complexity index is 424. The zero-order chi connectivity index (χ0) is 14.6. The molecule has 0 aliphatic carbocycles. The zero-order valence-electron chi connectivity index (χ0n) is 12.9. The van der Waals surface area contributed by atoms with E-state index in [2.05, 4.69) is 24.0 Å². The molecule has 0 aromatic heterocycles. The molecule has 0 N–H and O–H groups in total. The number of benzene rings is 1. The first-order valence-corrected chi connectivity index (χ1v) is 8.22. The number of hydrogen-bond acceptors (Lipinski definition) is 2. The second-order valence-electron chi connectivity index (χ2n) is 5.50. The van der Waals surface area contributed by atoms with Gasteiger partial charge in [-0.05, 0) is 44.2 Å². The molecule has 2 rings (SSSR count). The monoisotopic (exact) mass is 286 g/mol. The van der Waals surface area contributed by atoms with E-state index in [0.29, 0.717) is 0 Å². The zero-order valence-corrected chi connectivity index (χ0v) is 12.9. The molecule has 0 spiro atoms. The van der Waals surface area contributed by atoms with Crippen molar-refractivity contribution in [2.24, 2.45) is 0 Å². The first-order chi connectivity index (χ1) is 10.4. The fraction of sp³-hybridized carbons (Fsp3) is 0.579. The number of rotatable bonds is 7. The third-order valence-electron chi connectivity index (χ3n) is 3.64. The maximum Gasteiger partial charge on any atom is 0.157 e. The summed E-state index contributed by atoms with van der Waals surface area (Å²) in [6, 6.07) is 10.2. The SMILES string of the molecule is C(#Cc1ccccc1)CCCCCCOC1CCCCO1. The topological polar surface area (TPSA) is 18.5 Å². The van der Waals surface area contributed by atoms with Gasteiger partial charge < -0.3 is 9.47 Å². The second kappa shape index (κ2) is 10.4. The van der Waals surface area contributed by atoms with Gasteiger partial charge in [0.1, 0.15) is 0 Å². The largest absolute Gasteiger partial charge is 0.353 e. The maximum atomic E-state index is 5.72. The van der Waals surface area contributed by atoms with Crippen molar-refractivity contribution in [3.8, 4) is 11.8 Å². The molecule has 2 heteroatoms. The van der Waals surface area contributed by atoms with Crippen molar-refractivity contribution in [2.75, 3.05) is 13.2 Å². The molecule has 1 aromatic rings. The molecule has 0 saturated carbocycles. The molecule has 1 heterocycles. The molecule has 2 nitrogen and oxygen atoms in total. The average molecular weight is 286 g/mol. The highest BCUT2D eigenvalue weighted by Crippen LogP contribution is 2.14. The molecular weight excluding hydrogens is 260 g/mol. The van der Waals surface area contributed by atoms with Crippen molar-refractivity contribution in [3.05, 3.63) is 35.9 Å². The highest BCUT2D eigenvalue weighted by molar-refractivity contribution is 5.33. The highest BCUT2D eigenvalue weighted by atomic mass is 16.7. The summed E-state index contributed by atoms with van der Waals surface area (Å²) >= 11 is 0. The number of ether oxygens (including phenoxy) is 2. The molecule has 1 fully saturated rings. The Kier molecular flexibility index (Phi) is 7.99. The van der Waals surface area contributed by atoms with Crippen molar-refractivity contribution >= 4 is 0 Å². The third kappa shape index (κ3) is 7.32. The van der Waals surface area contributed by atoms with Crippen LogP contribution in [0.15, 0.2) is 30.3 Å². The minimum absolute atomic E-state index is 0.0653. The van der Waals surface area contributed by atoms with Crippen LogP contribution in [0.4, 0.5) is 0 Å². The van der Waals surface area contributed by atoms with E-state index >= 15 is 0 Å². The lowest BCUT2D eigenvalue weighted by molar-refractivity contribution is -0.162. The Hall–Kier alpha value is -1.30. The van der Waals surface area contributed by atoms with E-state index in [4.69, 9.17) is 9.47 Å². The fourth-order valence-corrected chi connectivity index (χ4v) is 2.41. The lowest BCUT2D eigenvalue weighted by atomic mass is 10.1. The van der Waals surface area contributed by atoms with Crippen LogP contribution in [-0.4, -0.2) is 19.5 Å². The van der Waals surface area contributed by atoms with E-state index in [1.54, 1.807) is 0 Å². The van der Waals surface area contributed by atoms with Crippen LogP contribution in [0.25, 0.3) is 0 Å². The van der Waals surface area contributed by atoms with Gasteiger partial charge in [0.05, 0.1) is 0 Å². The van der Waals surface area contributed by atoms with Gasteiger partial charge in [-0.25, -0.2) is 0 Å². The number of hydrogen-bond donors (Lipinski definition) is 0. The van der Waals surface area contributed by atoms with Crippen molar-refractivity contribution in [1.29, 1.82) is 0 Å². The molecule has 1 atom stereocenters. The van der Waals surface area contributed by atoms with Crippen LogP contribution < -0.4 is 0 Å². The van der Waals surface area contributed by atoms with Crippen LogP contribution in [0.5, 0.6) is 0 Å². The van der Waals surface area contributed by atoms with Crippen molar-refractivity contribution < 1.29 is 9.47 Å². The van der Waals surface area contributed by atoms with E-state index in [0.717, 1.165) is 38.0 Å². The van der Waals surface area contributed by atoms with Gasteiger partial charge in [-0.3, -0.25) is 0 Å². The van der Waals surface area contributed by atoms with E-state index in [9.17, 15) is 0 Å². The van der Waals surface area contributed by atoms with E-state index in [1.807, 2.05) is 18.2 Å². The summed E-state index contributed by atoms with van der Waals surface area (Å²) in [5.74, 6) is 6.44. The smallest absolute Gasteiger partial charge is 0.157 e. The number of unbranched alkanes of at least 4 members (excludes halogenated alkanes) is 4. The molecule has 1 aliphatic rings. The lowest BCUT2D eigenvalue weighted by Crippen LogP contribution is -2.22. The Labute approximate surface area is 128 Å². The summed E-state index contributed by atoms with van der Waals surface area (Å²) in [5.41, 5.74) is 1.11. The molecule has 0 amide bonds. The van der Waals surface area contributed by atoms with Crippen molar-refractivity contribution in [2.45, 2.75) is 57.7 Å². The highest BCUT2D eigenvalue weighted by Gasteiger charge is 2.13. The van der Waals surface area contributed by atoms with Crippen LogP contribution >= 0.6 is 0 Å². The van der Waals surface area contributed by atoms with Gasteiger partial charge in [0, 0.05) is 25.2 Å². The van der Waals surface area contributed by atoms with Crippen molar-refractivity contribution in [1.82, 2.24) is 0 Å². The summed E-state index contributed by atoms with van der Waals surface area (Å²) < 4.78 is 11.3. The van der Waals surface area contributed by atoms with E-state index in [1.165, 1.54) is 32.1 Å². The third-order valence-corrected chi connectivity index (χ3v) is 3.64. The normalized spacial score (nSPS) is 18.0. The van der Waals surface area contributed by atoms with Crippen LogP contribution in [0.2, 0.25) is 0 Å². The minimum atomic E-state index is 0.0653. The summed E-state index contributed by atoms with van der Waals surface area (Å²) in [6.07, 6.45) is 9.31. The molecule has 1 unspecified atom stereocenters. The summed E-state index contributed by atoms with van der Waals surface area (Å²) in [6.45, 7) is 1.70. The maximum absolute atomic E-state index is 5.72. The first kappa shape index (κ1) is 16.1. The van der Waals surface area contributed by atoms with Gasteiger partial charge in [0.15, 0.2) is 6.29 Å². The summed E-state index contributed by atoms with van der Waals surface area (Å²) in [7, 11) is 0. The van der Waals surface area contributed by atoms with Gasteiger partial charge in [0.25, 0.3) is 0 Å². The van der Waals surface area contributed by atoms with Gasteiger partial charge in [-0.15, -0.1) is 0 Å². The van der Waals surface area contributed by atoms with E-state index < -0.39 is 0 Å². The Balaban J connectivity index is 1.42. The second-order valence-corrected chi connectivity index (χ2v) is 5.50. The standard InChI is InChI=1S/C19H26O2/c1(3-6-12-18-13-7-5-8-14-18)2-4-10-16-20-19-15-9-11-17-21-19/h5,7-8,13-14,19H,1-4,9-11,15-17H2. The molecule has 114 valence electrons. The van der Waals surface area contributed by atoms with Crippen molar-refractivity contribution in [3.63, 3.8) is 0 Å². The van der Waals surface area contributed by atoms with Crippen LogP contribution in [-0.2, 0) is 9.47 Å². The Morgan fingerprint density at radius 1 is 1.05 bits per heavy atom. The predicted molar refractivity (Wildman–Crippen MR) is 85.9 cm³/mol. The van der Waals surface area contributed by atoms with Crippen LogP contribution in [0, 0.1) is 11.8 Å². The minimum Gasteiger partial charge on any atom is -0.353 e. The summed E-state index contributed by atoms with van der Waals surface area (Å²) in [4.78, 5) is 0. The van der Waals surface area contributed by atoms with Gasteiger partial charge in [-0.2, -0.15) is 0 Å². The van der Waals surface area contributed by atoms with Crippen LogP contribution in [0.1, 0.15) is 56.9 Å². The molecule has 1 aromatic carbocycles. The quantitative estimate of drug-likeness (QED) is 0.541. The molecule has 0 radical (unpaired) electrons. The first-order valence-electron chi connectivity index (χ1n) is 8.22. The van der Waals surface area contributed by atoms with Crippen LogP contribution in [0.3, 0.4) is 0 Å². The van der Waals surface area contributed by atoms with Gasteiger partial charge >= 0.3 is 0 Å².